The van der Waals surface area contributed by atoms with E-state index in [1.165, 1.54) is 0 Å². The van der Waals surface area contributed by atoms with Gasteiger partial charge in [0.15, 0.2) is 0 Å². The van der Waals surface area contributed by atoms with E-state index >= 15 is 0 Å². The molecule has 0 heterocycles. The van der Waals surface area contributed by atoms with Crippen molar-refractivity contribution < 1.29 is 0 Å². The summed E-state index contributed by atoms with van der Waals surface area (Å²) >= 11 is 6.06. The number of rotatable bonds is 5. The smallest absolute Gasteiger partial charge is 0.101 e. The summed E-state index contributed by atoms with van der Waals surface area (Å²) in [5.74, 6) is 0. The van der Waals surface area contributed by atoms with Gasteiger partial charge in [-0.1, -0.05) is 25.4 Å². The Balaban J connectivity index is 2.96. The molecule has 1 rings (SSSR count). The summed E-state index contributed by atoms with van der Waals surface area (Å²) in [5.41, 5.74) is 7.36. The van der Waals surface area contributed by atoms with Crippen LogP contribution in [0, 0.1) is 16.7 Å². The van der Waals surface area contributed by atoms with Crippen LogP contribution in [0.3, 0.4) is 0 Å². The molecule has 0 spiro atoms. The van der Waals surface area contributed by atoms with Crippen molar-refractivity contribution in [3.05, 3.63) is 28.8 Å². The van der Waals surface area contributed by atoms with Crippen LogP contribution in [0.15, 0.2) is 18.2 Å². The minimum absolute atomic E-state index is 0.0520. The van der Waals surface area contributed by atoms with Gasteiger partial charge in [0.2, 0.25) is 0 Å². The average Bonchev–Trinajstić information content (AvgIpc) is 2.36. The van der Waals surface area contributed by atoms with E-state index in [0.717, 1.165) is 18.8 Å². The number of nitriles is 1. The van der Waals surface area contributed by atoms with Gasteiger partial charge >= 0.3 is 0 Å². The molecule has 0 aliphatic rings. The molecular weight excluding hydrogens is 246 g/mol. The molecule has 4 heteroatoms. The van der Waals surface area contributed by atoms with E-state index < -0.39 is 0 Å². The van der Waals surface area contributed by atoms with E-state index in [4.69, 9.17) is 22.6 Å². The molecule has 1 aromatic carbocycles. The van der Waals surface area contributed by atoms with E-state index in [1.807, 2.05) is 12.1 Å². The quantitative estimate of drug-likeness (QED) is 0.890. The number of halogens is 1. The summed E-state index contributed by atoms with van der Waals surface area (Å²) in [7, 11) is 0. The summed E-state index contributed by atoms with van der Waals surface area (Å²) in [6, 6.07) is 7.60. The highest BCUT2D eigenvalue weighted by molar-refractivity contribution is 6.32. The molecule has 0 aliphatic carbocycles. The Morgan fingerprint density at radius 2 is 2.11 bits per heavy atom. The van der Waals surface area contributed by atoms with Gasteiger partial charge in [-0.2, -0.15) is 5.26 Å². The van der Waals surface area contributed by atoms with Crippen molar-refractivity contribution in [3.63, 3.8) is 0 Å². The molecule has 1 aromatic rings. The van der Waals surface area contributed by atoms with Crippen molar-refractivity contribution in [2.75, 3.05) is 24.5 Å². The molecule has 18 heavy (non-hydrogen) atoms. The number of hydrogen-bond acceptors (Lipinski definition) is 3. The van der Waals surface area contributed by atoms with Gasteiger partial charge < -0.3 is 10.6 Å². The molecule has 0 atom stereocenters. The molecule has 0 bridgehead atoms. The molecule has 0 amide bonds. The second-order valence-electron chi connectivity index (χ2n) is 5.16. The van der Waals surface area contributed by atoms with E-state index in [0.29, 0.717) is 17.1 Å². The second-order valence-corrected chi connectivity index (χ2v) is 5.57. The topological polar surface area (TPSA) is 53.0 Å². The van der Waals surface area contributed by atoms with Crippen LogP contribution in [-0.4, -0.2) is 19.6 Å². The largest absolute Gasteiger partial charge is 0.371 e. The van der Waals surface area contributed by atoms with E-state index in [1.54, 1.807) is 6.07 Å². The van der Waals surface area contributed by atoms with Crippen LogP contribution in [0.25, 0.3) is 0 Å². The lowest BCUT2D eigenvalue weighted by molar-refractivity contribution is 0.380. The first-order valence-corrected chi connectivity index (χ1v) is 6.46. The Hall–Kier alpha value is -1.24. The van der Waals surface area contributed by atoms with Gasteiger partial charge in [0, 0.05) is 18.8 Å². The highest BCUT2D eigenvalue weighted by atomic mass is 35.5. The number of hydrogen-bond donors (Lipinski definition) is 1. The molecule has 0 unspecified atom stereocenters. The Bertz CT molecular complexity index is 449. The van der Waals surface area contributed by atoms with E-state index in [-0.39, 0.29) is 5.41 Å². The molecule has 98 valence electrons. The maximum absolute atomic E-state index is 8.87. The number of anilines is 1. The molecule has 0 fully saturated rings. The maximum atomic E-state index is 8.87. The molecular formula is C14H20ClN3. The van der Waals surface area contributed by atoms with Crippen LogP contribution in [0.1, 0.15) is 26.3 Å². The molecule has 3 nitrogen and oxygen atoms in total. The van der Waals surface area contributed by atoms with Crippen LogP contribution in [0.4, 0.5) is 5.69 Å². The van der Waals surface area contributed by atoms with Gasteiger partial charge in [0.1, 0.15) is 6.07 Å². The van der Waals surface area contributed by atoms with Gasteiger partial charge in [0.05, 0.1) is 10.6 Å². The standard InChI is InChI=1S/C14H20ClN3/c1-4-18(10-14(2,3)9-17)12-6-5-11(8-16)13(15)7-12/h5-7H,4,9-10,17H2,1-3H3. The first-order valence-electron chi connectivity index (χ1n) is 6.08. The predicted octanol–water partition coefficient (Wildman–Crippen LogP) is 3.02. The third-order valence-electron chi connectivity index (χ3n) is 2.99. The number of benzene rings is 1. The predicted molar refractivity (Wildman–Crippen MR) is 76.9 cm³/mol. The van der Waals surface area contributed by atoms with Crippen LogP contribution < -0.4 is 10.6 Å². The Morgan fingerprint density at radius 3 is 2.56 bits per heavy atom. The van der Waals surface area contributed by atoms with Gasteiger partial charge in [-0.25, -0.2) is 0 Å². The number of nitrogens with two attached hydrogens (primary N) is 1. The normalized spacial score (nSPS) is 11.1. The fourth-order valence-corrected chi connectivity index (χ4v) is 1.98. The summed E-state index contributed by atoms with van der Waals surface area (Å²) in [6.45, 7) is 8.75. The Morgan fingerprint density at radius 1 is 1.44 bits per heavy atom. The minimum atomic E-state index is 0.0520. The lowest BCUT2D eigenvalue weighted by Crippen LogP contribution is -2.38. The summed E-state index contributed by atoms with van der Waals surface area (Å²) in [6.07, 6.45) is 0. The lowest BCUT2D eigenvalue weighted by Gasteiger charge is -2.32. The lowest BCUT2D eigenvalue weighted by atomic mass is 9.93. The van der Waals surface area contributed by atoms with Gasteiger partial charge in [-0.05, 0) is 37.1 Å². The number of nitrogens with zero attached hydrogens (tertiary/aromatic N) is 2. The Kier molecular flexibility index (Phi) is 5.01. The van der Waals surface area contributed by atoms with E-state index in [9.17, 15) is 0 Å². The zero-order chi connectivity index (χ0) is 13.8. The van der Waals surface area contributed by atoms with Crippen molar-refractivity contribution in [2.24, 2.45) is 11.1 Å². The van der Waals surface area contributed by atoms with Crippen molar-refractivity contribution in [1.29, 1.82) is 5.26 Å². The van der Waals surface area contributed by atoms with Crippen LogP contribution in [0.5, 0.6) is 0 Å². The van der Waals surface area contributed by atoms with Crippen LogP contribution in [0.2, 0.25) is 5.02 Å². The molecule has 0 saturated heterocycles. The second kappa shape index (κ2) is 6.08. The highest BCUT2D eigenvalue weighted by Gasteiger charge is 2.20. The van der Waals surface area contributed by atoms with Crippen LogP contribution >= 0.6 is 11.6 Å². The molecule has 0 aliphatic heterocycles. The summed E-state index contributed by atoms with van der Waals surface area (Å²) in [5, 5.41) is 9.36. The first kappa shape index (κ1) is 14.8. The van der Waals surface area contributed by atoms with Gasteiger partial charge in [-0.15, -0.1) is 0 Å². The summed E-state index contributed by atoms with van der Waals surface area (Å²) in [4.78, 5) is 2.22. The van der Waals surface area contributed by atoms with Crippen molar-refractivity contribution in [2.45, 2.75) is 20.8 Å². The summed E-state index contributed by atoms with van der Waals surface area (Å²) < 4.78 is 0. The van der Waals surface area contributed by atoms with E-state index in [2.05, 4.69) is 31.7 Å². The molecule has 0 saturated carbocycles. The average molecular weight is 266 g/mol. The monoisotopic (exact) mass is 265 g/mol. The third kappa shape index (κ3) is 3.63. The molecule has 0 radical (unpaired) electrons. The zero-order valence-electron chi connectivity index (χ0n) is 11.2. The fourth-order valence-electron chi connectivity index (χ4n) is 1.76. The maximum Gasteiger partial charge on any atom is 0.101 e. The van der Waals surface area contributed by atoms with Crippen LogP contribution in [-0.2, 0) is 0 Å². The van der Waals surface area contributed by atoms with Crippen molar-refractivity contribution in [3.8, 4) is 6.07 Å². The molecule has 2 N–H and O–H groups in total. The molecule has 0 aromatic heterocycles. The Labute approximate surface area is 114 Å². The zero-order valence-corrected chi connectivity index (χ0v) is 12.0. The first-order chi connectivity index (χ1) is 8.43. The van der Waals surface area contributed by atoms with Crippen molar-refractivity contribution in [1.82, 2.24) is 0 Å². The highest BCUT2D eigenvalue weighted by Crippen LogP contribution is 2.26. The van der Waals surface area contributed by atoms with Gasteiger partial charge in [-0.3, -0.25) is 0 Å². The fraction of sp³-hybridized carbons (Fsp3) is 0.500. The van der Waals surface area contributed by atoms with Gasteiger partial charge in [0.25, 0.3) is 0 Å². The SMILES string of the molecule is CCN(CC(C)(C)CN)c1ccc(C#N)c(Cl)c1. The minimum Gasteiger partial charge on any atom is -0.371 e. The third-order valence-corrected chi connectivity index (χ3v) is 3.30. The van der Waals surface area contributed by atoms with Crippen molar-refractivity contribution >= 4 is 17.3 Å².